The molecule has 0 bridgehead atoms. The minimum absolute atomic E-state index is 0.0736. The van der Waals surface area contributed by atoms with Crippen LogP contribution >= 0.6 is 0 Å². The van der Waals surface area contributed by atoms with Gasteiger partial charge >= 0.3 is 5.97 Å². The molecule has 6 heteroatoms. The number of pyridine rings is 1. The van der Waals surface area contributed by atoms with Crippen LogP contribution in [0.1, 0.15) is 12.5 Å². The van der Waals surface area contributed by atoms with Crippen LogP contribution in [0.5, 0.6) is 0 Å². The number of carbonyl (C=O) groups excluding carboxylic acids is 1. The van der Waals surface area contributed by atoms with Gasteiger partial charge in [0, 0.05) is 17.3 Å². The summed E-state index contributed by atoms with van der Waals surface area (Å²) in [7, 11) is 0. The topological polar surface area (TPSA) is 88.0 Å². The molecular formula is C10H10N4O2. The summed E-state index contributed by atoms with van der Waals surface area (Å²) in [5.41, 5.74) is 8.97. The molecule has 82 valence electrons. The van der Waals surface area contributed by atoms with E-state index in [4.69, 9.17) is 10.3 Å². The second-order valence-electron chi connectivity index (χ2n) is 2.72. The van der Waals surface area contributed by atoms with Crippen molar-refractivity contribution < 1.29 is 9.53 Å². The number of esters is 1. The quantitative estimate of drug-likeness (QED) is 0.255. The summed E-state index contributed by atoms with van der Waals surface area (Å²) in [4.78, 5) is 17.8. The third-order valence-electron chi connectivity index (χ3n) is 1.65. The van der Waals surface area contributed by atoms with Crippen LogP contribution in [0.4, 0.5) is 0 Å². The molecule has 0 radical (unpaired) electrons. The molecule has 0 aliphatic heterocycles. The Hall–Kier alpha value is -2.33. The van der Waals surface area contributed by atoms with Crippen LogP contribution in [0.15, 0.2) is 35.3 Å². The summed E-state index contributed by atoms with van der Waals surface area (Å²) in [5.74, 6) is -0.642. The van der Waals surface area contributed by atoms with E-state index in [1.807, 2.05) is 0 Å². The third-order valence-corrected chi connectivity index (χ3v) is 1.65. The first-order chi connectivity index (χ1) is 7.77. The number of rotatable bonds is 4. The lowest BCUT2D eigenvalue weighted by Gasteiger charge is -2.00. The zero-order valence-corrected chi connectivity index (χ0v) is 8.70. The van der Waals surface area contributed by atoms with Gasteiger partial charge in [0.25, 0.3) is 0 Å². The molecule has 0 unspecified atom stereocenters. The fourth-order valence-electron chi connectivity index (χ4n) is 0.999. The Morgan fingerprint density at radius 1 is 1.62 bits per heavy atom. The van der Waals surface area contributed by atoms with Crippen molar-refractivity contribution in [2.24, 2.45) is 5.11 Å². The van der Waals surface area contributed by atoms with E-state index in [9.17, 15) is 4.79 Å². The van der Waals surface area contributed by atoms with Gasteiger partial charge in [0.1, 0.15) is 5.70 Å². The fourth-order valence-corrected chi connectivity index (χ4v) is 0.999. The Labute approximate surface area is 92.2 Å². The SMILES string of the molecule is CCOC(=O)/C(=C/c1ccncc1)N=[N+]=[N-]. The maximum atomic E-state index is 11.4. The van der Waals surface area contributed by atoms with Crippen LogP contribution < -0.4 is 0 Å². The smallest absolute Gasteiger partial charge is 0.340 e. The monoisotopic (exact) mass is 218 g/mol. The Morgan fingerprint density at radius 2 is 2.31 bits per heavy atom. The summed E-state index contributed by atoms with van der Waals surface area (Å²) in [6.07, 6.45) is 4.59. The highest BCUT2D eigenvalue weighted by atomic mass is 16.5. The summed E-state index contributed by atoms with van der Waals surface area (Å²) in [6, 6.07) is 3.37. The molecule has 0 saturated heterocycles. The number of aromatic nitrogens is 1. The van der Waals surface area contributed by atoms with Crippen molar-refractivity contribution in [3.05, 3.63) is 46.2 Å². The van der Waals surface area contributed by atoms with Gasteiger partial charge in [-0.05, 0) is 36.2 Å². The zero-order chi connectivity index (χ0) is 11.8. The van der Waals surface area contributed by atoms with Crippen LogP contribution in [0, 0.1) is 0 Å². The maximum absolute atomic E-state index is 11.4. The first kappa shape index (κ1) is 11.7. The Balaban J connectivity index is 2.98. The van der Waals surface area contributed by atoms with Crippen LogP contribution in [-0.4, -0.2) is 17.6 Å². The Kier molecular flexibility index (Phi) is 4.56. The van der Waals surface area contributed by atoms with Crippen molar-refractivity contribution in [1.82, 2.24) is 4.98 Å². The number of hydrogen-bond donors (Lipinski definition) is 0. The van der Waals surface area contributed by atoms with Gasteiger partial charge < -0.3 is 4.74 Å². The Bertz CT molecular complexity index is 435. The van der Waals surface area contributed by atoms with Gasteiger partial charge in [-0.2, -0.15) is 0 Å². The molecule has 1 heterocycles. The maximum Gasteiger partial charge on any atom is 0.340 e. The molecule has 0 aliphatic rings. The molecule has 0 spiro atoms. The highest BCUT2D eigenvalue weighted by Crippen LogP contribution is 2.08. The van der Waals surface area contributed by atoms with Crippen molar-refractivity contribution in [1.29, 1.82) is 0 Å². The molecule has 0 N–H and O–H groups in total. The summed E-state index contributed by atoms with van der Waals surface area (Å²) < 4.78 is 4.74. The molecule has 0 aliphatic carbocycles. The van der Waals surface area contributed by atoms with Crippen molar-refractivity contribution in [3.8, 4) is 0 Å². The van der Waals surface area contributed by atoms with Crippen molar-refractivity contribution in [2.75, 3.05) is 6.61 Å². The average Bonchev–Trinajstić information content (AvgIpc) is 2.30. The molecule has 0 amide bonds. The van der Waals surface area contributed by atoms with Gasteiger partial charge in [-0.1, -0.05) is 5.11 Å². The number of azide groups is 1. The highest BCUT2D eigenvalue weighted by molar-refractivity contribution is 5.93. The van der Waals surface area contributed by atoms with Crippen molar-refractivity contribution >= 4 is 12.0 Å². The van der Waals surface area contributed by atoms with Gasteiger partial charge in [-0.3, -0.25) is 4.98 Å². The second-order valence-corrected chi connectivity index (χ2v) is 2.72. The molecule has 1 aromatic rings. The number of nitrogens with zero attached hydrogens (tertiary/aromatic N) is 4. The van der Waals surface area contributed by atoms with Gasteiger partial charge in [-0.25, -0.2) is 4.79 Å². The molecule has 0 fully saturated rings. The van der Waals surface area contributed by atoms with Crippen LogP contribution in [-0.2, 0) is 9.53 Å². The van der Waals surface area contributed by atoms with Crippen LogP contribution in [0.2, 0.25) is 0 Å². The van der Waals surface area contributed by atoms with Gasteiger partial charge in [0.05, 0.1) is 6.61 Å². The van der Waals surface area contributed by atoms with E-state index in [0.717, 1.165) is 0 Å². The van der Waals surface area contributed by atoms with Crippen LogP contribution in [0.25, 0.3) is 16.5 Å². The van der Waals surface area contributed by atoms with Gasteiger partial charge in [0.15, 0.2) is 0 Å². The van der Waals surface area contributed by atoms with Crippen LogP contribution in [0.3, 0.4) is 0 Å². The predicted octanol–water partition coefficient (Wildman–Crippen LogP) is 2.30. The summed E-state index contributed by atoms with van der Waals surface area (Å²) >= 11 is 0. The van der Waals surface area contributed by atoms with E-state index in [-0.39, 0.29) is 12.3 Å². The summed E-state index contributed by atoms with van der Waals surface area (Å²) in [5, 5.41) is 3.28. The minimum atomic E-state index is -0.642. The van der Waals surface area contributed by atoms with E-state index in [2.05, 4.69) is 15.0 Å². The lowest BCUT2D eigenvalue weighted by atomic mass is 10.2. The molecule has 1 rings (SSSR count). The van der Waals surface area contributed by atoms with Crippen molar-refractivity contribution in [2.45, 2.75) is 6.92 Å². The number of ether oxygens (including phenoxy) is 1. The second kappa shape index (κ2) is 6.21. The predicted molar refractivity (Wildman–Crippen MR) is 58.0 cm³/mol. The third kappa shape index (κ3) is 3.43. The van der Waals surface area contributed by atoms with Gasteiger partial charge in [-0.15, -0.1) is 0 Å². The summed E-state index contributed by atoms with van der Waals surface area (Å²) in [6.45, 7) is 1.91. The lowest BCUT2D eigenvalue weighted by molar-refractivity contribution is -0.138. The lowest BCUT2D eigenvalue weighted by Crippen LogP contribution is -2.05. The van der Waals surface area contributed by atoms with E-state index >= 15 is 0 Å². The number of carbonyl (C=O) groups is 1. The molecule has 1 aromatic heterocycles. The zero-order valence-electron chi connectivity index (χ0n) is 8.70. The fraction of sp³-hybridized carbons (Fsp3) is 0.200. The minimum Gasteiger partial charge on any atom is -0.462 e. The molecule has 6 nitrogen and oxygen atoms in total. The first-order valence-electron chi connectivity index (χ1n) is 4.62. The highest BCUT2D eigenvalue weighted by Gasteiger charge is 2.07. The Morgan fingerprint density at radius 3 is 2.88 bits per heavy atom. The van der Waals surface area contributed by atoms with E-state index in [1.54, 1.807) is 31.5 Å². The van der Waals surface area contributed by atoms with E-state index < -0.39 is 5.97 Å². The molecular weight excluding hydrogens is 208 g/mol. The van der Waals surface area contributed by atoms with E-state index in [0.29, 0.717) is 5.56 Å². The molecule has 0 atom stereocenters. The van der Waals surface area contributed by atoms with Gasteiger partial charge in [0.2, 0.25) is 0 Å². The van der Waals surface area contributed by atoms with Crippen molar-refractivity contribution in [3.63, 3.8) is 0 Å². The average molecular weight is 218 g/mol. The first-order valence-corrected chi connectivity index (χ1v) is 4.62. The molecule has 0 saturated carbocycles. The largest absolute Gasteiger partial charge is 0.462 e. The standard InChI is InChI=1S/C10H10N4O2/c1-2-16-10(15)9(13-14-11)7-8-3-5-12-6-4-8/h3-7H,2H2,1H3/b9-7-. The van der Waals surface area contributed by atoms with E-state index in [1.165, 1.54) is 6.08 Å². The molecule has 0 aromatic carbocycles. The molecule has 16 heavy (non-hydrogen) atoms. The number of hydrogen-bond acceptors (Lipinski definition) is 4. The normalized spacial score (nSPS) is 10.4.